The molecule has 0 bridgehead atoms. The van der Waals surface area contributed by atoms with E-state index in [9.17, 15) is 18.0 Å². The van der Waals surface area contributed by atoms with E-state index in [1.165, 1.54) is 4.90 Å². The first-order chi connectivity index (χ1) is 9.29. The van der Waals surface area contributed by atoms with Crippen molar-refractivity contribution in [1.29, 1.82) is 0 Å². The average molecular weight is 290 g/mol. The highest BCUT2D eigenvalue weighted by atomic mass is 19.2. The van der Waals surface area contributed by atoms with Crippen LogP contribution in [-0.2, 0) is 11.3 Å². The SMILES string of the molecule is CN(C)CCN(CC(=O)O)Cc1cc(F)c(F)c(F)c1. The lowest BCUT2D eigenvalue weighted by atomic mass is 10.2. The second-order valence-electron chi connectivity index (χ2n) is 4.78. The number of rotatable bonds is 7. The Kier molecular flexibility index (Phi) is 5.97. The highest BCUT2D eigenvalue weighted by Crippen LogP contribution is 2.15. The number of halogens is 3. The third-order valence-electron chi connectivity index (χ3n) is 2.67. The third kappa shape index (κ3) is 5.18. The van der Waals surface area contributed by atoms with Crippen molar-refractivity contribution in [3.63, 3.8) is 0 Å². The largest absolute Gasteiger partial charge is 0.480 e. The molecule has 0 aliphatic rings. The van der Waals surface area contributed by atoms with Crippen LogP contribution >= 0.6 is 0 Å². The van der Waals surface area contributed by atoms with Gasteiger partial charge in [0.2, 0.25) is 0 Å². The molecule has 0 amide bonds. The standard InChI is InChI=1S/C13H17F3N2O2/c1-17(2)3-4-18(8-12(19)20)7-9-5-10(14)13(16)11(15)6-9/h5-6H,3-4,7-8H2,1-2H3,(H,19,20). The van der Waals surface area contributed by atoms with Crippen molar-refractivity contribution in [2.45, 2.75) is 6.54 Å². The molecule has 0 heterocycles. The van der Waals surface area contributed by atoms with Gasteiger partial charge in [-0.2, -0.15) is 0 Å². The molecule has 7 heteroatoms. The number of carboxylic acids is 1. The summed E-state index contributed by atoms with van der Waals surface area (Å²) in [6.07, 6.45) is 0. The number of benzene rings is 1. The monoisotopic (exact) mass is 290 g/mol. The van der Waals surface area contributed by atoms with Gasteiger partial charge in [0.25, 0.3) is 0 Å². The molecule has 0 radical (unpaired) electrons. The lowest BCUT2D eigenvalue weighted by Crippen LogP contribution is -2.35. The highest BCUT2D eigenvalue weighted by Gasteiger charge is 2.15. The van der Waals surface area contributed by atoms with Crippen LogP contribution in [0.2, 0.25) is 0 Å². The van der Waals surface area contributed by atoms with Crippen molar-refractivity contribution in [3.8, 4) is 0 Å². The molecule has 1 N–H and O–H groups in total. The van der Waals surface area contributed by atoms with E-state index in [0.29, 0.717) is 13.1 Å². The summed E-state index contributed by atoms with van der Waals surface area (Å²) in [6, 6.07) is 1.76. The molecule has 0 aromatic heterocycles. The molecule has 4 nitrogen and oxygen atoms in total. The van der Waals surface area contributed by atoms with Gasteiger partial charge in [-0.25, -0.2) is 13.2 Å². The van der Waals surface area contributed by atoms with Crippen LogP contribution < -0.4 is 0 Å². The molecule has 112 valence electrons. The minimum Gasteiger partial charge on any atom is -0.480 e. The van der Waals surface area contributed by atoms with Gasteiger partial charge in [-0.1, -0.05) is 0 Å². The summed E-state index contributed by atoms with van der Waals surface area (Å²) in [5.74, 6) is -5.11. The number of carbonyl (C=O) groups is 1. The Hall–Kier alpha value is -1.60. The van der Waals surface area contributed by atoms with Crippen molar-refractivity contribution in [1.82, 2.24) is 9.80 Å². The minimum absolute atomic E-state index is 0.0360. The Morgan fingerprint density at radius 3 is 2.15 bits per heavy atom. The van der Waals surface area contributed by atoms with Crippen molar-refractivity contribution in [2.24, 2.45) is 0 Å². The van der Waals surface area contributed by atoms with Crippen LogP contribution in [-0.4, -0.2) is 54.6 Å². The lowest BCUT2D eigenvalue weighted by molar-refractivity contribution is -0.138. The van der Waals surface area contributed by atoms with Gasteiger partial charge in [-0.15, -0.1) is 0 Å². The summed E-state index contributed by atoms with van der Waals surface area (Å²) in [6.45, 7) is 0.794. The molecule has 1 rings (SSSR count). The Balaban J connectivity index is 2.80. The van der Waals surface area contributed by atoms with E-state index >= 15 is 0 Å². The van der Waals surface area contributed by atoms with Crippen LogP contribution in [0.15, 0.2) is 12.1 Å². The van der Waals surface area contributed by atoms with Crippen molar-refractivity contribution in [3.05, 3.63) is 35.1 Å². The first kappa shape index (κ1) is 16.5. The zero-order chi connectivity index (χ0) is 15.3. The second kappa shape index (κ2) is 7.25. The molecule has 0 aliphatic carbocycles. The Bertz CT molecular complexity index is 458. The summed E-state index contributed by atoms with van der Waals surface area (Å²) in [5.41, 5.74) is 0.196. The van der Waals surface area contributed by atoms with Gasteiger partial charge in [-0.3, -0.25) is 9.69 Å². The van der Waals surface area contributed by atoms with Gasteiger partial charge in [0, 0.05) is 19.6 Å². The Morgan fingerprint density at radius 1 is 1.15 bits per heavy atom. The predicted molar refractivity (Wildman–Crippen MR) is 67.8 cm³/mol. The number of nitrogens with zero attached hydrogens (tertiary/aromatic N) is 2. The van der Waals surface area contributed by atoms with Gasteiger partial charge >= 0.3 is 5.97 Å². The van der Waals surface area contributed by atoms with Crippen LogP contribution in [0.4, 0.5) is 13.2 Å². The number of aliphatic carboxylic acids is 1. The third-order valence-corrected chi connectivity index (χ3v) is 2.67. The molecule has 0 saturated carbocycles. The number of carboxylic acid groups (broad SMARTS) is 1. The number of likely N-dealkylation sites (N-methyl/N-ethyl adjacent to an activating group) is 1. The van der Waals surface area contributed by atoms with Crippen molar-refractivity contribution in [2.75, 3.05) is 33.7 Å². The van der Waals surface area contributed by atoms with E-state index in [1.807, 2.05) is 19.0 Å². The molecule has 1 aromatic carbocycles. The quantitative estimate of drug-likeness (QED) is 0.774. The van der Waals surface area contributed by atoms with Gasteiger partial charge in [0.15, 0.2) is 17.5 Å². The van der Waals surface area contributed by atoms with E-state index in [0.717, 1.165) is 12.1 Å². The molecule has 1 aromatic rings. The molecular weight excluding hydrogens is 273 g/mol. The van der Waals surface area contributed by atoms with Crippen LogP contribution in [0.3, 0.4) is 0 Å². The fourth-order valence-electron chi connectivity index (χ4n) is 1.70. The maximum atomic E-state index is 13.1. The molecular formula is C13H17F3N2O2. The molecule has 0 fully saturated rings. The van der Waals surface area contributed by atoms with Gasteiger partial charge in [-0.05, 0) is 31.8 Å². The van der Waals surface area contributed by atoms with Gasteiger partial charge in [0.1, 0.15) is 0 Å². The van der Waals surface area contributed by atoms with Crippen molar-refractivity contribution < 1.29 is 23.1 Å². The maximum Gasteiger partial charge on any atom is 0.317 e. The zero-order valence-electron chi connectivity index (χ0n) is 11.4. The molecule has 0 unspecified atom stereocenters. The van der Waals surface area contributed by atoms with Gasteiger partial charge in [0.05, 0.1) is 6.54 Å². The van der Waals surface area contributed by atoms with Crippen LogP contribution in [0.1, 0.15) is 5.56 Å². The number of hydrogen-bond donors (Lipinski definition) is 1. The van der Waals surface area contributed by atoms with E-state index < -0.39 is 23.4 Å². The van der Waals surface area contributed by atoms with E-state index in [-0.39, 0.29) is 18.7 Å². The summed E-state index contributed by atoms with van der Waals surface area (Å²) >= 11 is 0. The molecule has 20 heavy (non-hydrogen) atoms. The fourth-order valence-corrected chi connectivity index (χ4v) is 1.70. The zero-order valence-corrected chi connectivity index (χ0v) is 11.4. The smallest absolute Gasteiger partial charge is 0.317 e. The average Bonchev–Trinajstić information content (AvgIpc) is 2.32. The first-order valence-electron chi connectivity index (χ1n) is 6.02. The normalized spacial score (nSPS) is 11.3. The first-order valence-corrected chi connectivity index (χ1v) is 6.02. The molecule has 0 atom stereocenters. The Labute approximate surface area is 115 Å². The fraction of sp³-hybridized carbons (Fsp3) is 0.462. The van der Waals surface area contributed by atoms with Crippen LogP contribution in [0.5, 0.6) is 0 Å². The molecule has 0 aliphatic heterocycles. The van der Waals surface area contributed by atoms with E-state index in [2.05, 4.69) is 0 Å². The number of hydrogen-bond acceptors (Lipinski definition) is 3. The second-order valence-corrected chi connectivity index (χ2v) is 4.78. The molecule has 0 saturated heterocycles. The maximum absolute atomic E-state index is 13.1. The Morgan fingerprint density at radius 2 is 1.70 bits per heavy atom. The van der Waals surface area contributed by atoms with Crippen LogP contribution in [0, 0.1) is 17.5 Å². The summed E-state index contributed by atoms with van der Waals surface area (Å²) < 4.78 is 39.1. The lowest BCUT2D eigenvalue weighted by Gasteiger charge is -2.22. The van der Waals surface area contributed by atoms with Crippen LogP contribution in [0.25, 0.3) is 0 Å². The minimum atomic E-state index is -1.52. The van der Waals surface area contributed by atoms with E-state index in [4.69, 9.17) is 5.11 Å². The topological polar surface area (TPSA) is 43.8 Å². The van der Waals surface area contributed by atoms with Gasteiger partial charge < -0.3 is 10.0 Å². The molecule has 0 spiro atoms. The summed E-state index contributed by atoms with van der Waals surface area (Å²) in [4.78, 5) is 14.2. The summed E-state index contributed by atoms with van der Waals surface area (Å²) in [7, 11) is 3.66. The van der Waals surface area contributed by atoms with Crippen molar-refractivity contribution >= 4 is 5.97 Å². The summed E-state index contributed by atoms with van der Waals surface area (Å²) in [5, 5.41) is 8.82. The highest BCUT2D eigenvalue weighted by molar-refractivity contribution is 5.69. The van der Waals surface area contributed by atoms with E-state index in [1.54, 1.807) is 0 Å². The predicted octanol–water partition coefficient (Wildman–Crippen LogP) is 1.55.